The molecule has 0 aromatic heterocycles. The fraction of sp³-hybridized carbons (Fsp3) is 0.750. The van der Waals surface area contributed by atoms with Gasteiger partial charge < -0.3 is 15.4 Å². The second kappa shape index (κ2) is 6.37. The van der Waals surface area contributed by atoms with E-state index < -0.39 is 12.1 Å². The number of amides is 2. The lowest BCUT2D eigenvalue weighted by molar-refractivity contribution is -0.144. The number of piperazine rings is 1. The second-order valence-corrected chi connectivity index (χ2v) is 4.64. The molecule has 6 heteroatoms. The van der Waals surface area contributed by atoms with Crippen LogP contribution >= 0.6 is 0 Å². The third-order valence-corrected chi connectivity index (χ3v) is 2.82. The molecule has 0 radical (unpaired) electrons. The summed E-state index contributed by atoms with van der Waals surface area (Å²) in [6, 6.07) is -1.13. The molecule has 2 amide bonds. The highest BCUT2D eigenvalue weighted by molar-refractivity contribution is 5.97. The average Bonchev–Trinajstić information content (AvgIpc) is 2.29. The van der Waals surface area contributed by atoms with E-state index in [2.05, 4.69) is 10.6 Å². The zero-order valence-electron chi connectivity index (χ0n) is 11.0. The molecule has 1 heterocycles. The maximum Gasteiger partial charge on any atom is 0.305 e. The smallest absolute Gasteiger partial charge is 0.305 e. The maximum atomic E-state index is 11.7. The Labute approximate surface area is 106 Å². The van der Waals surface area contributed by atoms with Crippen molar-refractivity contribution in [3.8, 4) is 0 Å². The Morgan fingerprint density at radius 3 is 2.50 bits per heavy atom. The van der Waals surface area contributed by atoms with E-state index in [9.17, 15) is 14.4 Å². The van der Waals surface area contributed by atoms with Crippen LogP contribution in [0.4, 0.5) is 0 Å². The Kier molecular flexibility index (Phi) is 5.12. The van der Waals surface area contributed by atoms with Gasteiger partial charge in [-0.15, -0.1) is 0 Å². The minimum absolute atomic E-state index is 0.0416. The summed E-state index contributed by atoms with van der Waals surface area (Å²) in [7, 11) is 0. The van der Waals surface area contributed by atoms with Crippen LogP contribution in [0.1, 0.15) is 33.6 Å². The molecule has 102 valence electrons. The number of hydrogen-bond acceptors (Lipinski definition) is 4. The molecular weight excluding hydrogens is 236 g/mol. The number of carbonyl (C=O) groups excluding carboxylic acids is 3. The predicted molar refractivity (Wildman–Crippen MR) is 64.6 cm³/mol. The molecule has 0 aromatic carbocycles. The second-order valence-electron chi connectivity index (χ2n) is 4.64. The summed E-state index contributed by atoms with van der Waals surface area (Å²) in [5.74, 6) is -0.749. The molecule has 18 heavy (non-hydrogen) atoms. The Hall–Kier alpha value is -1.59. The largest absolute Gasteiger partial charge is 0.466 e. The predicted octanol–water partition coefficient (Wildman–Crippen LogP) is -0.0311. The van der Waals surface area contributed by atoms with E-state index >= 15 is 0 Å². The molecule has 0 unspecified atom stereocenters. The first-order valence-electron chi connectivity index (χ1n) is 6.22. The first-order chi connectivity index (χ1) is 8.45. The minimum atomic E-state index is -0.642. The summed E-state index contributed by atoms with van der Waals surface area (Å²) in [5, 5.41) is 5.30. The van der Waals surface area contributed by atoms with Crippen LogP contribution in [0.2, 0.25) is 0 Å². The molecule has 1 aliphatic rings. The molecule has 1 rings (SSSR count). The molecule has 1 aliphatic heterocycles. The van der Waals surface area contributed by atoms with E-state index in [1.165, 1.54) is 0 Å². The first-order valence-corrected chi connectivity index (χ1v) is 6.22. The van der Waals surface area contributed by atoms with Crippen molar-refractivity contribution in [2.24, 2.45) is 5.92 Å². The number of rotatable bonds is 5. The van der Waals surface area contributed by atoms with Crippen LogP contribution in [-0.4, -0.2) is 36.5 Å². The molecule has 0 aliphatic carbocycles. The molecule has 6 nitrogen and oxygen atoms in total. The molecule has 2 atom stereocenters. The van der Waals surface area contributed by atoms with Crippen LogP contribution in [0.15, 0.2) is 0 Å². The van der Waals surface area contributed by atoms with Crippen LogP contribution in [0.25, 0.3) is 0 Å². The zero-order chi connectivity index (χ0) is 13.7. The van der Waals surface area contributed by atoms with E-state index in [0.29, 0.717) is 6.61 Å². The lowest BCUT2D eigenvalue weighted by Crippen LogP contribution is -2.63. The molecule has 0 spiro atoms. The van der Waals surface area contributed by atoms with Gasteiger partial charge in [-0.1, -0.05) is 13.8 Å². The fourth-order valence-electron chi connectivity index (χ4n) is 1.81. The molecule has 2 N–H and O–H groups in total. The number of hydrogen-bond donors (Lipinski definition) is 2. The van der Waals surface area contributed by atoms with E-state index in [4.69, 9.17) is 4.74 Å². The summed E-state index contributed by atoms with van der Waals surface area (Å²) in [6.07, 6.45) is 0.389. The highest BCUT2D eigenvalue weighted by atomic mass is 16.5. The summed E-state index contributed by atoms with van der Waals surface area (Å²) in [6.45, 7) is 5.77. The molecule has 0 aromatic rings. The lowest BCUT2D eigenvalue weighted by atomic mass is 9.98. The van der Waals surface area contributed by atoms with Crippen LogP contribution in [0, 0.1) is 5.92 Å². The molecule has 0 saturated carbocycles. The lowest BCUT2D eigenvalue weighted by Gasteiger charge is -2.31. The van der Waals surface area contributed by atoms with Gasteiger partial charge in [-0.05, 0) is 19.3 Å². The minimum Gasteiger partial charge on any atom is -0.466 e. The van der Waals surface area contributed by atoms with Crippen molar-refractivity contribution >= 4 is 17.8 Å². The molecule has 1 fully saturated rings. The van der Waals surface area contributed by atoms with Gasteiger partial charge in [-0.25, -0.2) is 0 Å². The van der Waals surface area contributed by atoms with Gasteiger partial charge in [0.25, 0.3) is 0 Å². The number of ether oxygens (including phenoxy) is 1. The quantitative estimate of drug-likeness (QED) is 0.676. The summed E-state index contributed by atoms with van der Waals surface area (Å²) < 4.78 is 4.77. The third-order valence-electron chi connectivity index (χ3n) is 2.82. The number of nitrogens with one attached hydrogen (secondary N) is 2. The van der Waals surface area contributed by atoms with E-state index in [1.807, 2.05) is 13.8 Å². The third kappa shape index (κ3) is 3.72. The maximum absolute atomic E-state index is 11.7. The van der Waals surface area contributed by atoms with Crippen molar-refractivity contribution in [3.05, 3.63) is 0 Å². The van der Waals surface area contributed by atoms with Gasteiger partial charge in [0, 0.05) is 6.42 Å². The van der Waals surface area contributed by atoms with Gasteiger partial charge >= 0.3 is 5.97 Å². The topological polar surface area (TPSA) is 84.5 Å². The van der Waals surface area contributed by atoms with E-state index in [-0.39, 0.29) is 36.5 Å². The standard InChI is InChI=1S/C12H20N2O4/c1-4-18-9(15)6-5-8-11(16)14-10(7(2)3)12(17)13-8/h7-8,10H,4-6H2,1-3H3,(H,13,17)(H,14,16)/t8-,10-/m0/s1. The molecular formula is C12H20N2O4. The SMILES string of the molecule is CCOC(=O)CC[C@@H]1NC(=O)[C@H](C(C)C)NC1=O. The highest BCUT2D eigenvalue weighted by Crippen LogP contribution is 2.10. The van der Waals surface area contributed by atoms with Crippen molar-refractivity contribution in [3.63, 3.8) is 0 Å². The van der Waals surface area contributed by atoms with Gasteiger partial charge in [0.1, 0.15) is 12.1 Å². The van der Waals surface area contributed by atoms with Gasteiger partial charge in [0.2, 0.25) is 11.8 Å². The van der Waals surface area contributed by atoms with Crippen LogP contribution < -0.4 is 10.6 Å². The Morgan fingerprint density at radius 2 is 1.94 bits per heavy atom. The van der Waals surface area contributed by atoms with Gasteiger partial charge in [0.05, 0.1) is 6.61 Å². The molecule has 1 saturated heterocycles. The van der Waals surface area contributed by atoms with Crippen LogP contribution in [-0.2, 0) is 19.1 Å². The Bertz CT molecular complexity index is 341. The Morgan fingerprint density at radius 1 is 1.28 bits per heavy atom. The van der Waals surface area contributed by atoms with Crippen LogP contribution in [0.5, 0.6) is 0 Å². The van der Waals surface area contributed by atoms with E-state index in [0.717, 1.165) is 0 Å². The highest BCUT2D eigenvalue weighted by Gasteiger charge is 2.35. The monoisotopic (exact) mass is 256 g/mol. The van der Waals surface area contributed by atoms with Crippen molar-refractivity contribution in [2.45, 2.75) is 45.7 Å². The average molecular weight is 256 g/mol. The number of carbonyl (C=O) groups is 3. The van der Waals surface area contributed by atoms with Crippen molar-refractivity contribution in [1.82, 2.24) is 10.6 Å². The molecule has 0 bridgehead atoms. The van der Waals surface area contributed by atoms with Crippen molar-refractivity contribution in [1.29, 1.82) is 0 Å². The van der Waals surface area contributed by atoms with Gasteiger partial charge in [-0.2, -0.15) is 0 Å². The summed E-state index contributed by atoms with van der Waals surface area (Å²) >= 11 is 0. The van der Waals surface area contributed by atoms with Crippen LogP contribution in [0.3, 0.4) is 0 Å². The number of esters is 1. The normalized spacial score (nSPS) is 23.6. The van der Waals surface area contributed by atoms with Crippen molar-refractivity contribution < 1.29 is 19.1 Å². The van der Waals surface area contributed by atoms with Crippen molar-refractivity contribution in [2.75, 3.05) is 6.61 Å². The first kappa shape index (κ1) is 14.5. The summed E-state index contributed by atoms with van der Waals surface area (Å²) in [5.41, 5.74) is 0. The summed E-state index contributed by atoms with van der Waals surface area (Å²) in [4.78, 5) is 34.6. The van der Waals surface area contributed by atoms with Gasteiger partial charge in [0.15, 0.2) is 0 Å². The van der Waals surface area contributed by atoms with E-state index in [1.54, 1.807) is 6.92 Å². The fourth-order valence-corrected chi connectivity index (χ4v) is 1.81. The van der Waals surface area contributed by atoms with Gasteiger partial charge in [-0.3, -0.25) is 14.4 Å². The zero-order valence-corrected chi connectivity index (χ0v) is 11.0. The Balaban J connectivity index is 2.47.